The topological polar surface area (TPSA) is 41.0 Å². The number of piperidine rings is 1. The van der Waals surface area contributed by atoms with E-state index in [2.05, 4.69) is 35.1 Å². The van der Waals surface area contributed by atoms with Gasteiger partial charge in [-0.05, 0) is 46.0 Å². The molecule has 2 bridgehead atoms. The molecule has 0 aromatic carbocycles. The summed E-state index contributed by atoms with van der Waals surface area (Å²) < 4.78 is 0. The van der Waals surface area contributed by atoms with E-state index in [1.165, 1.54) is 25.7 Å². The van der Waals surface area contributed by atoms with Gasteiger partial charge in [0, 0.05) is 36.4 Å². The summed E-state index contributed by atoms with van der Waals surface area (Å²) in [6.45, 7) is 7.44. The number of fused-ring (bicyclic) bond motifs is 2. The molecule has 1 aromatic heterocycles. The van der Waals surface area contributed by atoms with Gasteiger partial charge in [0.2, 0.25) is 0 Å². The highest BCUT2D eigenvalue weighted by Gasteiger charge is 2.36. The second kappa shape index (κ2) is 5.68. The number of hydrogen-bond donors (Lipinski definition) is 1. The molecule has 2 aliphatic rings. The van der Waals surface area contributed by atoms with Crippen molar-refractivity contribution in [1.82, 2.24) is 15.3 Å². The van der Waals surface area contributed by atoms with Gasteiger partial charge >= 0.3 is 0 Å². The minimum absolute atomic E-state index is 0.637. The van der Waals surface area contributed by atoms with Crippen LogP contribution >= 0.6 is 0 Å². The van der Waals surface area contributed by atoms with Gasteiger partial charge in [0.1, 0.15) is 11.6 Å². The van der Waals surface area contributed by atoms with E-state index in [-0.39, 0.29) is 0 Å². The smallest absolute Gasteiger partial charge is 0.132 e. The predicted octanol–water partition coefficient (Wildman–Crippen LogP) is 2.46. The standard InChI is InChI=1S/C16H26N4/c1-4-12-10-16(18-11(3)17-12)20(5-2)15-8-13-6-7-14(9-15)19-13/h10,13-15,19H,4-9H2,1-3H3. The van der Waals surface area contributed by atoms with Crippen LogP contribution < -0.4 is 10.2 Å². The molecule has 3 heterocycles. The fraction of sp³-hybridized carbons (Fsp3) is 0.750. The van der Waals surface area contributed by atoms with Crippen LogP contribution in [0.5, 0.6) is 0 Å². The highest BCUT2D eigenvalue weighted by atomic mass is 15.2. The van der Waals surface area contributed by atoms with Crippen molar-refractivity contribution in [2.75, 3.05) is 11.4 Å². The van der Waals surface area contributed by atoms with Crippen molar-refractivity contribution in [2.24, 2.45) is 0 Å². The third kappa shape index (κ3) is 2.66. The Morgan fingerprint density at radius 2 is 1.90 bits per heavy atom. The quantitative estimate of drug-likeness (QED) is 0.915. The second-order valence-corrected chi connectivity index (χ2v) is 6.17. The lowest BCUT2D eigenvalue weighted by molar-refractivity contribution is 0.348. The number of hydrogen-bond acceptors (Lipinski definition) is 4. The summed E-state index contributed by atoms with van der Waals surface area (Å²) in [5, 5.41) is 3.73. The van der Waals surface area contributed by atoms with Gasteiger partial charge in [-0.3, -0.25) is 0 Å². The Balaban J connectivity index is 1.84. The Kier molecular flexibility index (Phi) is 3.92. The average Bonchev–Trinajstić information content (AvgIpc) is 2.78. The normalized spacial score (nSPS) is 28.6. The first-order chi connectivity index (χ1) is 9.69. The zero-order chi connectivity index (χ0) is 14.1. The summed E-state index contributed by atoms with van der Waals surface area (Å²) >= 11 is 0. The van der Waals surface area contributed by atoms with Gasteiger partial charge in [-0.25, -0.2) is 9.97 Å². The van der Waals surface area contributed by atoms with E-state index in [0.717, 1.165) is 42.4 Å². The fourth-order valence-electron chi connectivity index (χ4n) is 3.83. The summed E-state index contributed by atoms with van der Waals surface area (Å²) in [5.74, 6) is 2.03. The van der Waals surface area contributed by atoms with Crippen molar-refractivity contribution in [1.29, 1.82) is 0 Å². The molecule has 3 rings (SSSR count). The maximum absolute atomic E-state index is 4.69. The monoisotopic (exact) mass is 274 g/mol. The van der Waals surface area contributed by atoms with Gasteiger partial charge in [-0.2, -0.15) is 0 Å². The summed E-state index contributed by atoms with van der Waals surface area (Å²) in [5.41, 5.74) is 1.16. The van der Waals surface area contributed by atoms with Gasteiger partial charge in [0.25, 0.3) is 0 Å². The fourth-order valence-corrected chi connectivity index (χ4v) is 3.83. The van der Waals surface area contributed by atoms with Crippen LogP contribution in [0.15, 0.2) is 6.07 Å². The Morgan fingerprint density at radius 1 is 1.20 bits per heavy atom. The van der Waals surface area contributed by atoms with Crippen molar-refractivity contribution < 1.29 is 0 Å². The molecule has 4 heteroatoms. The number of aromatic nitrogens is 2. The SMILES string of the molecule is CCc1cc(N(CC)C2CC3CCC(C2)N3)nc(C)n1. The van der Waals surface area contributed by atoms with Gasteiger partial charge < -0.3 is 10.2 Å². The van der Waals surface area contributed by atoms with Crippen LogP contribution in [0, 0.1) is 6.92 Å². The Bertz CT molecular complexity index is 462. The predicted molar refractivity (Wildman–Crippen MR) is 82.1 cm³/mol. The second-order valence-electron chi connectivity index (χ2n) is 6.17. The molecule has 20 heavy (non-hydrogen) atoms. The van der Waals surface area contributed by atoms with Gasteiger partial charge in [0.05, 0.1) is 0 Å². The minimum Gasteiger partial charge on any atom is -0.354 e. The summed E-state index contributed by atoms with van der Waals surface area (Å²) in [7, 11) is 0. The lowest BCUT2D eigenvalue weighted by atomic mass is 9.98. The number of rotatable bonds is 4. The average molecular weight is 274 g/mol. The molecule has 0 spiro atoms. The van der Waals surface area contributed by atoms with E-state index < -0.39 is 0 Å². The Hall–Kier alpha value is -1.16. The largest absolute Gasteiger partial charge is 0.354 e. The van der Waals surface area contributed by atoms with Gasteiger partial charge in [-0.1, -0.05) is 6.92 Å². The van der Waals surface area contributed by atoms with Crippen molar-refractivity contribution in [3.05, 3.63) is 17.6 Å². The summed E-state index contributed by atoms with van der Waals surface area (Å²) in [6.07, 6.45) is 6.19. The first-order valence-corrected chi connectivity index (χ1v) is 8.06. The van der Waals surface area contributed by atoms with Crippen molar-refractivity contribution in [3.63, 3.8) is 0 Å². The zero-order valence-electron chi connectivity index (χ0n) is 12.9. The molecule has 2 atom stereocenters. The maximum Gasteiger partial charge on any atom is 0.132 e. The van der Waals surface area contributed by atoms with E-state index in [1.54, 1.807) is 0 Å². The van der Waals surface area contributed by atoms with Crippen LogP contribution in [0.4, 0.5) is 5.82 Å². The lowest BCUT2D eigenvalue weighted by Gasteiger charge is -2.38. The summed E-state index contributed by atoms with van der Waals surface area (Å²) in [6, 6.07) is 4.26. The van der Waals surface area contributed by atoms with E-state index in [0.29, 0.717) is 6.04 Å². The van der Waals surface area contributed by atoms with Crippen molar-refractivity contribution >= 4 is 5.82 Å². The number of aryl methyl sites for hydroxylation is 2. The molecule has 2 saturated heterocycles. The molecule has 1 N–H and O–H groups in total. The highest BCUT2D eigenvalue weighted by Crippen LogP contribution is 2.31. The zero-order valence-corrected chi connectivity index (χ0v) is 12.9. The first kappa shape index (κ1) is 13.8. The van der Waals surface area contributed by atoms with Gasteiger partial charge in [-0.15, -0.1) is 0 Å². The van der Waals surface area contributed by atoms with E-state index in [4.69, 9.17) is 4.98 Å². The molecular formula is C16H26N4. The van der Waals surface area contributed by atoms with Crippen LogP contribution in [0.1, 0.15) is 51.0 Å². The molecule has 0 amide bonds. The maximum atomic E-state index is 4.69. The molecule has 1 aromatic rings. The Morgan fingerprint density at radius 3 is 2.50 bits per heavy atom. The van der Waals surface area contributed by atoms with Crippen LogP contribution in [-0.4, -0.2) is 34.6 Å². The molecule has 0 saturated carbocycles. The van der Waals surface area contributed by atoms with E-state index in [9.17, 15) is 0 Å². The summed E-state index contributed by atoms with van der Waals surface area (Å²) in [4.78, 5) is 11.7. The molecule has 0 radical (unpaired) electrons. The third-order valence-electron chi connectivity index (χ3n) is 4.76. The minimum atomic E-state index is 0.637. The number of nitrogens with zero attached hydrogens (tertiary/aromatic N) is 3. The molecule has 2 unspecified atom stereocenters. The molecular weight excluding hydrogens is 248 g/mol. The van der Waals surface area contributed by atoms with Gasteiger partial charge in [0.15, 0.2) is 0 Å². The molecule has 110 valence electrons. The van der Waals surface area contributed by atoms with Crippen LogP contribution in [-0.2, 0) is 6.42 Å². The Labute approximate surface area is 122 Å². The highest BCUT2D eigenvalue weighted by molar-refractivity contribution is 5.41. The van der Waals surface area contributed by atoms with Crippen LogP contribution in [0.2, 0.25) is 0 Å². The van der Waals surface area contributed by atoms with Crippen LogP contribution in [0.3, 0.4) is 0 Å². The number of anilines is 1. The molecule has 0 aliphatic carbocycles. The van der Waals surface area contributed by atoms with Crippen molar-refractivity contribution in [3.8, 4) is 0 Å². The van der Waals surface area contributed by atoms with E-state index in [1.807, 2.05) is 6.92 Å². The lowest BCUT2D eigenvalue weighted by Crippen LogP contribution is -2.48. The number of nitrogens with one attached hydrogen (secondary N) is 1. The molecule has 2 aliphatic heterocycles. The van der Waals surface area contributed by atoms with Crippen molar-refractivity contribution in [2.45, 2.75) is 71.0 Å². The van der Waals surface area contributed by atoms with Crippen LogP contribution in [0.25, 0.3) is 0 Å². The van der Waals surface area contributed by atoms with E-state index >= 15 is 0 Å². The molecule has 2 fully saturated rings. The first-order valence-electron chi connectivity index (χ1n) is 8.06. The molecule has 4 nitrogen and oxygen atoms in total. The third-order valence-corrected chi connectivity index (χ3v) is 4.76.